The Morgan fingerprint density at radius 3 is 2.45 bits per heavy atom. The second kappa shape index (κ2) is 9.33. The molecule has 166 valence electrons. The lowest BCUT2D eigenvalue weighted by molar-refractivity contribution is 0.0597. The van der Waals surface area contributed by atoms with Crippen molar-refractivity contribution in [3.63, 3.8) is 0 Å². The van der Waals surface area contributed by atoms with Gasteiger partial charge in [-0.3, -0.25) is 9.78 Å². The van der Waals surface area contributed by atoms with Crippen LogP contribution in [0, 0.1) is 0 Å². The number of fused-ring (bicyclic) bond motifs is 1. The number of carbonyl (C=O) groups excluding carboxylic acids is 1. The molecule has 4 aromatic rings. The van der Waals surface area contributed by atoms with Crippen LogP contribution in [0.25, 0.3) is 22.0 Å². The minimum atomic E-state index is 0.0671. The smallest absolute Gasteiger partial charge is 0.253 e. The van der Waals surface area contributed by atoms with Gasteiger partial charge in [-0.05, 0) is 47.5 Å². The number of benzene rings is 3. The lowest BCUT2D eigenvalue weighted by Gasteiger charge is -2.32. The summed E-state index contributed by atoms with van der Waals surface area (Å²) in [5, 5.41) is 1.07. The Bertz CT molecular complexity index is 1260. The zero-order valence-corrected chi connectivity index (χ0v) is 18.6. The van der Waals surface area contributed by atoms with E-state index in [4.69, 9.17) is 9.47 Å². The summed E-state index contributed by atoms with van der Waals surface area (Å²) in [6, 6.07) is 25.7. The number of nitrogens with zero attached hydrogens (tertiary/aromatic N) is 2. The molecule has 1 fully saturated rings. The third-order valence-corrected chi connectivity index (χ3v) is 6.15. The monoisotopic (exact) mass is 438 g/mol. The highest BCUT2D eigenvalue weighted by atomic mass is 16.5. The molecule has 0 radical (unpaired) electrons. The zero-order valence-electron chi connectivity index (χ0n) is 18.6. The predicted molar refractivity (Wildman–Crippen MR) is 130 cm³/mol. The fourth-order valence-electron chi connectivity index (χ4n) is 4.32. The van der Waals surface area contributed by atoms with Crippen LogP contribution >= 0.6 is 0 Å². The number of amides is 1. The van der Waals surface area contributed by atoms with E-state index in [-0.39, 0.29) is 12.0 Å². The van der Waals surface area contributed by atoms with Gasteiger partial charge < -0.3 is 14.4 Å². The van der Waals surface area contributed by atoms with Crippen molar-refractivity contribution in [1.29, 1.82) is 0 Å². The molecule has 5 rings (SSSR count). The van der Waals surface area contributed by atoms with Gasteiger partial charge in [0.05, 0.1) is 7.11 Å². The van der Waals surface area contributed by atoms with Crippen LogP contribution < -0.4 is 9.47 Å². The molecule has 1 amide bonds. The Hall–Kier alpha value is -3.86. The highest BCUT2D eigenvalue weighted by Gasteiger charge is 2.25. The van der Waals surface area contributed by atoms with Crippen LogP contribution in [0.4, 0.5) is 0 Å². The maximum Gasteiger partial charge on any atom is 0.253 e. The van der Waals surface area contributed by atoms with Crippen LogP contribution in [-0.4, -0.2) is 42.1 Å². The van der Waals surface area contributed by atoms with Crippen molar-refractivity contribution in [1.82, 2.24) is 9.88 Å². The van der Waals surface area contributed by atoms with Crippen molar-refractivity contribution >= 4 is 16.8 Å². The van der Waals surface area contributed by atoms with Crippen LogP contribution in [0.1, 0.15) is 23.2 Å². The average molecular weight is 439 g/mol. The first-order valence-electron chi connectivity index (χ1n) is 11.3. The summed E-state index contributed by atoms with van der Waals surface area (Å²) in [6.45, 7) is 1.36. The first-order chi connectivity index (χ1) is 16.2. The number of aromatic nitrogens is 1. The minimum absolute atomic E-state index is 0.0671. The van der Waals surface area contributed by atoms with Crippen molar-refractivity contribution in [2.45, 2.75) is 18.9 Å². The molecular formula is C28H26N2O3. The summed E-state index contributed by atoms with van der Waals surface area (Å²) < 4.78 is 11.6. The number of piperidine rings is 1. The molecule has 1 aliphatic rings. The molecule has 0 saturated carbocycles. The molecule has 0 bridgehead atoms. The molecular weight excluding hydrogens is 412 g/mol. The standard InChI is InChI=1S/C28H26N2O3/c1-32-25-8-2-6-23(19-25)20-10-12-22(13-11-20)28(31)30-17-14-24(15-18-30)33-26-9-3-5-21-7-4-16-29-27(21)26/h2-13,16,19,24H,14-15,17-18H2,1H3. The van der Waals surface area contributed by atoms with Crippen molar-refractivity contribution in [2.24, 2.45) is 0 Å². The normalized spacial score (nSPS) is 14.3. The summed E-state index contributed by atoms with van der Waals surface area (Å²) in [7, 11) is 1.66. The molecule has 3 aromatic carbocycles. The first kappa shape index (κ1) is 21.0. The minimum Gasteiger partial charge on any atom is -0.497 e. The molecule has 33 heavy (non-hydrogen) atoms. The van der Waals surface area contributed by atoms with Crippen molar-refractivity contribution in [3.05, 3.63) is 90.6 Å². The van der Waals surface area contributed by atoms with Gasteiger partial charge in [-0.2, -0.15) is 0 Å². The van der Waals surface area contributed by atoms with E-state index >= 15 is 0 Å². The van der Waals surface area contributed by atoms with Crippen LogP contribution in [0.5, 0.6) is 11.5 Å². The summed E-state index contributed by atoms with van der Waals surface area (Å²) >= 11 is 0. The number of para-hydroxylation sites is 1. The average Bonchev–Trinajstić information content (AvgIpc) is 2.89. The van der Waals surface area contributed by atoms with E-state index in [1.54, 1.807) is 13.3 Å². The number of likely N-dealkylation sites (tertiary alicyclic amines) is 1. The summed E-state index contributed by atoms with van der Waals surface area (Å²) in [5.41, 5.74) is 3.71. The van der Waals surface area contributed by atoms with Crippen molar-refractivity contribution in [2.75, 3.05) is 20.2 Å². The predicted octanol–water partition coefficient (Wildman–Crippen LogP) is 5.59. The third kappa shape index (κ3) is 4.53. The Morgan fingerprint density at radius 1 is 0.909 bits per heavy atom. The van der Waals surface area contributed by atoms with Gasteiger partial charge in [0.2, 0.25) is 0 Å². The van der Waals surface area contributed by atoms with Gasteiger partial charge in [0.1, 0.15) is 23.1 Å². The van der Waals surface area contributed by atoms with E-state index in [2.05, 4.69) is 4.98 Å². The van der Waals surface area contributed by atoms with E-state index in [0.717, 1.165) is 46.4 Å². The molecule has 5 heteroatoms. The van der Waals surface area contributed by atoms with Gasteiger partial charge in [0, 0.05) is 43.1 Å². The molecule has 1 saturated heterocycles. The highest BCUT2D eigenvalue weighted by molar-refractivity contribution is 5.94. The Kier molecular flexibility index (Phi) is 5.94. The maximum atomic E-state index is 13.0. The lowest BCUT2D eigenvalue weighted by atomic mass is 10.0. The Labute approximate surface area is 193 Å². The number of carbonyl (C=O) groups is 1. The van der Waals surface area contributed by atoms with Crippen LogP contribution in [0.2, 0.25) is 0 Å². The van der Waals surface area contributed by atoms with E-state index in [1.165, 1.54) is 0 Å². The third-order valence-electron chi connectivity index (χ3n) is 6.15. The van der Waals surface area contributed by atoms with E-state index in [9.17, 15) is 4.79 Å². The number of pyridine rings is 1. The number of ether oxygens (including phenoxy) is 2. The number of rotatable bonds is 5. The Morgan fingerprint density at radius 2 is 1.67 bits per heavy atom. The van der Waals surface area contributed by atoms with Crippen LogP contribution in [0.15, 0.2) is 85.1 Å². The van der Waals surface area contributed by atoms with Crippen molar-refractivity contribution < 1.29 is 14.3 Å². The van der Waals surface area contributed by atoms with E-state index in [1.807, 2.05) is 83.8 Å². The quantitative estimate of drug-likeness (QED) is 0.407. The molecule has 2 heterocycles. The topological polar surface area (TPSA) is 51.7 Å². The van der Waals surface area contributed by atoms with Gasteiger partial charge in [-0.1, -0.05) is 42.5 Å². The molecule has 5 nitrogen and oxygen atoms in total. The second-order valence-corrected chi connectivity index (χ2v) is 8.25. The molecule has 0 unspecified atom stereocenters. The van der Waals surface area contributed by atoms with Gasteiger partial charge >= 0.3 is 0 Å². The second-order valence-electron chi connectivity index (χ2n) is 8.25. The first-order valence-corrected chi connectivity index (χ1v) is 11.3. The molecule has 0 N–H and O–H groups in total. The molecule has 0 aliphatic carbocycles. The number of hydrogen-bond acceptors (Lipinski definition) is 4. The summed E-state index contributed by atoms with van der Waals surface area (Å²) in [5.74, 6) is 1.69. The van der Waals surface area contributed by atoms with Gasteiger partial charge in [-0.25, -0.2) is 0 Å². The summed E-state index contributed by atoms with van der Waals surface area (Å²) in [4.78, 5) is 19.4. The highest BCUT2D eigenvalue weighted by Crippen LogP contribution is 2.27. The number of hydrogen-bond donors (Lipinski definition) is 0. The largest absolute Gasteiger partial charge is 0.497 e. The fraction of sp³-hybridized carbons (Fsp3) is 0.214. The van der Waals surface area contributed by atoms with Crippen LogP contribution in [0.3, 0.4) is 0 Å². The lowest BCUT2D eigenvalue weighted by Crippen LogP contribution is -2.41. The van der Waals surface area contributed by atoms with Gasteiger partial charge in [-0.15, -0.1) is 0 Å². The zero-order chi connectivity index (χ0) is 22.6. The van der Waals surface area contributed by atoms with Gasteiger partial charge in [0.15, 0.2) is 0 Å². The van der Waals surface area contributed by atoms with Crippen LogP contribution in [-0.2, 0) is 0 Å². The molecule has 1 aliphatic heterocycles. The molecule has 0 atom stereocenters. The molecule has 1 aromatic heterocycles. The van der Waals surface area contributed by atoms with Crippen molar-refractivity contribution in [3.8, 4) is 22.6 Å². The van der Waals surface area contributed by atoms with E-state index < -0.39 is 0 Å². The van der Waals surface area contributed by atoms with Gasteiger partial charge in [0.25, 0.3) is 5.91 Å². The SMILES string of the molecule is COc1cccc(-c2ccc(C(=O)N3CCC(Oc4cccc5cccnc45)CC3)cc2)c1. The summed E-state index contributed by atoms with van der Waals surface area (Å²) in [6.07, 6.45) is 3.47. The number of methoxy groups -OCH3 is 1. The molecule has 0 spiro atoms. The van der Waals surface area contributed by atoms with E-state index in [0.29, 0.717) is 18.7 Å². The fourth-order valence-corrected chi connectivity index (χ4v) is 4.32. The maximum absolute atomic E-state index is 13.0. The Balaban J connectivity index is 1.21.